The molecule has 2 aromatic heterocycles. The summed E-state index contributed by atoms with van der Waals surface area (Å²) in [7, 11) is 1.60. The average molecular weight is 356 g/mol. The number of aromatic nitrogens is 3. The number of benzene rings is 1. The highest BCUT2D eigenvalue weighted by atomic mass is 35.5. The van der Waals surface area contributed by atoms with Crippen LogP contribution in [0.2, 0.25) is 5.02 Å². The molecule has 0 saturated heterocycles. The zero-order valence-electron chi connectivity index (χ0n) is 14.0. The van der Waals surface area contributed by atoms with Gasteiger partial charge in [-0.1, -0.05) is 17.7 Å². The Morgan fingerprint density at radius 2 is 2.08 bits per heavy atom. The van der Waals surface area contributed by atoms with Crippen LogP contribution >= 0.6 is 11.6 Å². The zero-order valence-corrected chi connectivity index (χ0v) is 14.7. The molecule has 128 valence electrons. The minimum absolute atomic E-state index is 0.469. The molecule has 0 radical (unpaired) electrons. The summed E-state index contributed by atoms with van der Waals surface area (Å²) in [5, 5.41) is 7.07. The normalized spacial score (nSPS) is 10.4. The Balaban J connectivity index is 1.75. The van der Waals surface area contributed by atoms with Crippen molar-refractivity contribution in [3.8, 4) is 5.75 Å². The van der Waals surface area contributed by atoms with E-state index in [0.717, 1.165) is 16.8 Å². The summed E-state index contributed by atoms with van der Waals surface area (Å²) in [6.45, 7) is 2.56. The monoisotopic (exact) mass is 355 g/mol. The van der Waals surface area contributed by atoms with Gasteiger partial charge in [-0.2, -0.15) is 4.98 Å². The molecule has 0 spiro atoms. The molecule has 2 N–H and O–H groups in total. The van der Waals surface area contributed by atoms with Crippen molar-refractivity contribution < 1.29 is 4.74 Å². The molecule has 3 rings (SSSR count). The van der Waals surface area contributed by atoms with Gasteiger partial charge in [0.15, 0.2) is 0 Å². The lowest BCUT2D eigenvalue weighted by molar-refractivity contribution is 0.416. The van der Waals surface area contributed by atoms with Crippen LogP contribution in [0, 0.1) is 6.92 Å². The SMILES string of the molecule is COc1cc(Cl)c(C)cc1Nc1nccc(NCc2cccnc2)n1. The van der Waals surface area contributed by atoms with Gasteiger partial charge < -0.3 is 15.4 Å². The Labute approximate surface area is 151 Å². The summed E-state index contributed by atoms with van der Waals surface area (Å²) in [4.78, 5) is 12.8. The van der Waals surface area contributed by atoms with Gasteiger partial charge in [0.05, 0.1) is 12.8 Å². The molecule has 0 amide bonds. The van der Waals surface area contributed by atoms with Gasteiger partial charge in [0.1, 0.15) is 11.6 Å². The minimum atomic E-state index is 0.469. The van der Waals surface area contributed by atoms with Crippen LogP contribution < -0.4 is 15.4 Å². The molecule has 6 nitrogen and oxygen atoms in total. The Bertz CT molecular complexity index is 857. The largest absolute Gasteiger partial charge is 0.495 e. The molecule has 1 aromatic carbocycles. The number of pyridine rings is 1. The van der Waals surface area contributed by atoms with Gasteiger partial charge in [-0.05, 0) is 36.2 Å². The predicted molar refractivity (Wildman–Crippen MR) is 99.6 cm³/mol. The van der Waals surface area contributed by atoms with E-state index in [-0.39, 0.29) is 0 Å². The van der Waals surface area contributed by atoms with E-state index < -0.39 is 0 Å². The van der Waals surface area contributed by atoms with E-state index in [1.165, 1.54) is 0 Å². The van der Waals surface area contributed by atoms with E-state index in [0.29, 0.717) is 29.1 Å². The van der Waals surface area contributed by atoms with Crippen molar-refractivity contribution in [1.82, 2.24) is 15.0 Å². The van der Waals surface area contributed by atoms with Crippen LogP contribution in [0.25, 0.3) is 0 Å². The zero-order chi connectivity index (χ0) is 17.6. The molecule has 0 aliphatic heterocycles. The molecule has 0 aliphatic rings. The number of anilines is 3. The first kappa shape index (κ1) is 17.0. The number of aryl methyl sites for hydroxylation is 1. The number of halogens is 1. The van der Waals surface area contributed by atoms with Crippen molar-refractivity contribution in [3.05, 3.63) is 65.1 Å². The van der Waals surface area contributed by atoms with Gasteiger partial charge in [-0.15, -0.1) is 0 Å². The quantitative estimate of drug-likeness (QED) is 0.690. The number of hydrogen-bond acceptors (Lipinski definition) is 6. The molecular formula is C18H18ClN5O. The molecule has 0 aliphatic carbocycles. The average Bonchev–Trinajstić information content (AvgIpc) is 2.64. The third-order valence-corrected chi connectivity index (χ3v) is 3.99. The smallest absolute Gasteiger partial charge is 0.229 e. The second-order valence-electron chi connectivity index (χ2n) is 5.41. The Hall–Kier alpha value is -2.86. The van der Waals surface area contributed by atoms with Gasteiger partial charge in [0.25, 0.3) is 0 Å². The standard InChI is InChI=1S/C18H18ClN5O/c1-12-8-15(16(25-2)9-14(12)19)23-18-21-7-5-17(24-18)22-11-13-4-3-6-20-10-13/h3-10H,11H2,1-2H3,(H2,21,22,23,24). The molecular weight excluding hydrogens is 338 g/mol. The second-order valence-corrected chi connectivity index (χ2v) is 5.81. The predicted octanol–water partition coefficient (Wildman–Crippen LogP) is 4.20. The summed E-state index contributed by atoms with van der Waals surface area (Å²) >= 11 is 6.14. The molecule has 0 atom stereocenters. The number of methoxy groups -OCH3 is 1. The number of ether oxygens (including phenoxy) is 1. The van der Waals surface area contributed by atoms with Crippen LogP contribution in [0.3, 0.4) is 0 Å². The Morgan fingerprint density at radius 3 is 2.84 bits per heavy atom. The maximum absolute atomic E-state index is 6.14. The van der Waals surface area contributed by atoms with E-state index in [1.54, 1.807) is 25.6 Å². The maximum atomic E-state index is 6.14. The first-order valence-electron chi connectivity index (χ1n) is 7.72. The third kappa shape index (κ3) is 4.36. The van der Waals surface area contributed by atoms with Crippen LogP contribution in [0.5, 0.6) is 5.75 Å². The molecule has 2 heterocycles. The molecule has 0 bridgehead atoms. The lowest BCUT2D eigenvalue weighted by Gasteiger charge is -2.13. The molecule has 3 aromatic rings. The van der Waals surface area contributed by atoms with E-state index in [4.69, 9.17) is 16.3 Å². The number of nitrogens with zero attached hydrogens (tertiary/aromatic N) is 3. The lowest BCUT2D eigenvalue weighted by atomic mass is 10.2. The van der Waals surface area contributed by atoms with Crippen LogP contribution in [0.4, 0.5) is 17.5 Å². The Morgan fingerprint density at radius 1 is 1.20 bits per heavy atom. The molecule has 25 heavy (non-hydrogen) atoms. The van der Waals surface area contributed by atoms with Crippen molar-refractivity contribution in [1.29, 1.82) is 0 Å². The topological polar surface area (TPSA) is 72.0 Å². The van der Waals surface area contributed by atoms with Crippen LogP contribution in [-0.4, -0.2) is 22.1 Å². The van der Waals surface area contributed by atoms with Crippen molar-refractivity contribution >= 4 is 29.1 Å². The van der Waals surface area contributed by atoms with Gasteiger partial charge in [-0.3, -0.25) is 4.98 Å². The fourth-order valence-electron chi connectivity index (χ4n) is 2.26. The van der Waals surface area contributed by atoms with E-state index in [9.17, 15) is 0 Å². The molecule has 0 saturated carbocycles. The fourth-order valence-corrected chi connectivity index (χ4v) is 2.42. The summed E-state index contributed by atoms with van der Waals surface area (Å²) in [5.74, 6) is 1.81. The maximum Gasteiger partial charge on any atom is 0.229 e. The van der Waals surface area contributed by atoms with E-state index >= 15 is 0 Å². The highest BCUT2D eigenvalue weighted by Crippen LogP contribution is 2.32. The molecule has 0 unspecified atom stereocenters. The number of rotatable bonds is 6. The number of hydrogen-bond donors (Lipinski definition) is 2. The Kier molecular flexibility index (Phi) is 5.30. The third-order valence-electron chi connectivity index (χ3n) is 3.58. The molecule has 7 heteroatoms. The summed E-state index contributed by atoms with van der Waals surface area (Å²) in [5.41, 5.74) is 2.77. The van der Waals surface area contributed by atoms with Gasteiger partial charge in [0.2, 0.25) is 5.95 Å². The highest BCUT2D eigenvalue weighted by molar-refractivity contribution is 6.31. The van der Waals surface area contributed by atoms with E-state index in [2.05, 4.69) is 25.6 Å². The summed E-state index contributed by atoms with van der Waals surface area (Å²) in [6.07, 6.45) is 5.25. The van der Waals surface area contributed by atoms with Crippen molar-refractivity contribution in [2.24, 2.45) is 0 Å². The molecule has 0 fully saturated rings. The van der Waals surface area contributed by atoms with Gasteiger partial charge in [-0.25, -0.2) is 4.98 Å². The van der Waals surface area contributed by atoms with Crippen molar-refractivity contribution in [2.75, 3.05) is 17.7 Å². The summed E-state index contributed by atoms with van der Waals surface area (Å²) in [6, 6.07) is 9.39. The van der Waals surface area contributed by atoms with Crippen LogP contribution in [-0.2, 0) is 6.54 Å². The van der Waals surface area contributed by atoms with E-state index in [1.807, 2.05) is 37.4 Å². The fraction of sp³-hybridized carbons (Fsp3) is 0.167. The number of nitrogens with one attached hydrogen (secondary N) is 2. The minimum Gasteiger partial charge on any atom is -0.495 e. The van der Waals surface area contributed by atoms with Gasteiger partial charge >= 0.3 is 0 Å². The first-order chi connectivity index (χ1) is 12.2. The van der Waals surface area contributed by atoms with Crippen LogP contribution in [0.1, 0.15) is 11.1 Å². The highest BCUT2D eigenvalue weighted by Gasteiger charge is 2.09. The second kappa shape index (κ2) is 7.81. The lowest BCUT2D eigenvalue weighted by Crippen LogP contribution is -2.05. The van der Waals surface area contributed by atoms with Crippen molar-refractivity contribution in [2.45, 2.75) is 13.5 Å². The first-order valence-corrected chi connectivity index (χ1v) is 8.10. The summed E-state index contributed by atoms with van der Waals surface area (Å²) < 4.78 is 5.36. The van der Waals surface area contributed by atoms with Crippen molar-refractivity contribution in [3.63, 3.8) is 0 Å². The van der Waals surface area contributed by atoms with Crippen LogP contribution in [0.15, 0.2) is 48.9 Å². The van der Waals surface area contributed by atoms with Gasteiger partial charge in [0, 0.05) is 36.2 Å².